The van der Waals surface area contributed by atoms with Crippen LogP contribution in [0.1, 0.15) is 48.8 Å². The van der Waals surface area contributed by atoms with Crippen LogP contribution in [0.3, 0.4) is 0 Å². The van der Waals surface area contributed by atoms with E-state index in [-0.39, 0.29) is 0 Å². The third-order valence-electron chi connectivity index (χ3n) is 5.86. The summed E-state index contributed by atoms with van der Waals surface area (Å²) in [7, 11) is 0. The third-order valence-corrected chi connectivity index (χ3v) is 6.22. The van der Waals surface area contributed by atoms with E-state index in [4.69, 9.17) is 4.98 Å². The van der Waals surface area contributed by atoms with Gasteiger partial charge >= 0.3 is 0 Å². The smallest absolute Gasteiger partial charge is 0.220 e. The first-order valence-corrected chi connectivity index (χ1v) is 12.5. The molecule has 0 radical (unpaired) electrons. The average Bonchev–Trinajstić information content (AvgIpc) is 2.80. The van der Waals surface area contributed by atoms with Gasteiger partial charge in [-0.2, -0.15) is 0 Å². The standard InChI is InChI=1S/C23H27N3.C3H5FIN/c1-3-4-18-5-7-19(8-6-18)20-10-13-26(14-11-20)23-15-17(2)21-16-24-12-9-22(21)25-23;1-2-6-3(4)5/h5-9,12,15-16,20H,3-4,10-11,13-14H2,1-2H3;2-3,6H,1H2. The summed E-state index contributed by atoms with van der Waals surface area (Å²) in [6.07, 6.45) is 9.84. The molecule has 32 heavy (non-hydrogen) atoms. The van der Waals surface area contributed by atoms with Gasteiger partial charge in [-0.15, -0.1) is 0 Å². The van der Waals surface area contributed by atoms with Gasteiger partial charge in [0, 0.05) is 30.9 Å². The van der Waals surface area contributed by atoms with E-state index in [1.807, 2.05) is 18.5 Å². The summed E-state index contributed by atoms with van der Waals surface area (Å²) in [6.45, 7) is 9.78. The number of halogens is 2. The Morgan fingerprint density at radius 1 is 1.25 bits per heavy atom. The molecule has 3 aromatic rings. The van der Waals surface area contributed by atoms with Gasteiger partial charge in [0.05, 0.1) is 5.52 Å². The maximum atomic E-state index is 11.5. The second kappa shape index (κ2) is 12.1. The van der Waals surface area contributed by atoms with E-state index >= 15 is 0 Å². The number of nitrogens with one attached hydrogen (secondary N) is 1. The van der Waals surface area contributed by atoms with Crippen molar-refractivity contribution in [2.75, 3.05) is 18.0 Å². The van der Waals surface area contributed by atoms with Crippen molar-refractivity contribution in [3.63, 3.8) is 0 Å². The van der Waals surface area contributed by atoms with E-state index in [9.17, 15) is 4.39 Å². The normalized spacial score (nSPS) is 15.1. The maximum absolute atomic E-state index is 11.5. The van der Waals surface area contributed by atoms with Gasteiger partial charge in [-0.25, -0.2) is 9.37 Å². The summed E-state index contributed by atoms with van der Waals surface area (Å²) in [6, 6.07) is 13.5. The lowest BCUT2D eigenvalue weighted by Crippen LogP contribution is -2.33. The van der Waals surface area contributed by atoms with Crippen LogP contribution in [0.25, 0.3) is 10.9 Å². The number of alkyl halides is 2. The van der Waals surface area contributed by atoms with Crippen LogP contribution in [0, 0.1) is 6.92 Å². The fourth-order valence-electron chi connectivity index (χ4n) is 4.15. The Labute approximate surface area is 204 Å². The minimum atomic E-state index is -1.000. The van der Waals surface area contributed by atoms with E-state index in [2.05, 4.69) is 66.0 Å². The number of benzene rings is 1. The summed E-state index contributed by atoms with van der Waals surface area (Å²) in [5.41, 5.74) is 5.26. The van der Waals surface area contributed by atoms with Crippen molar-refractivity contribution >= 4 is 39.3 Å². The van der Waals surface area contributed by atoms with Crippen molar-refractivity contribution in [1.29, 1.82) is 0 Å². The molecule has 0 saturated carbocycles. The second-order valence-corrected chi connectivity index (χ2v) is 9.21. The van der Waals surface area contributed by atoms with E-state index in [0.29, 0.717) is 5.92 Å². The van der Waals surface area contributed by atoms with Gasteiger partial charge in [0.1, 0.15) is 5.82 Å². The van der Waals surface area contributed by atoms with Crippen molar-refractivity contribution in [2.45, 2.75) is 49.8 Å². The van der Waals surface area contributed by atoms with E-state index in [0.717, 1.165) is 29.8 Å². The van der Waals surface area contributed by atoms with Crippen LogP contribution in [-0.4, -0.2) is 27.4 Å². The van der Waals surface area contributed by atoms with E-state index in [1.165, 1.54) is 48.6 Å². The van der Waals surface area contributed by atoms with Gasteiger partial charge in [0.15, 0.2) is 0 Å². The molecule has 1 aliphatic heterocycles. The molecular formula is C26H32FIN4. The molecule has 4 nitrogen and oxygen atoms in total. The third kappa shape index (κ3) is 6.64. The minimum Gasteiger partial charge on any atom is -0.357 e. The highest BCUT2D eigenvalue weighted by molar-refractivity contribution is 14.1. The van der Waals surface area contributed by atoms with Crippen LogP contribution < -0.4 is 10.2 Å². The molecule has 6 heteroatoms. The Morgan fingerprint density at radius 2 is 1.97 bits per heavy atom. The van der Waals surface area contributed by atoms with E-state index in [1.54, 1.807) is 22.6 Å². The van der Waals surface area contributed by atoms with Crippen LogP contribution in [0.2, 0.25) is 0 Å². The lowest BCUT2D eigenvalue weighted by atomic mass is 9.88. The zero-order chi connectivity index (χ0) is 22.9. The fourth-order valence-corrected chi connectivity index (χ4v) is 4.41. The second-order valence-electron chi connectivity index (χ2n) is 8.11. The SMILES string of the molecule is C=CNC(F)I.CCCc1ccc(C2CCN(c3cc(C)c4cnccc4n3)CC2)cc1. The van der Waals surface area contributed by atoms with Crippen molar-refractivity contribution in [1.82, 2.24) is 15.3 Å². The Bertz CT molecular complexity index is 998. The largest absolute Gasteiger partial charge is 0.357 e. The van der Waals surface area contributed by atoms with Crippen molar-refractivity contribution < 1.29 is 4.39 Å². The highest BCUT2D eigenvalue weighted by Crippen LogP contribution is 2.31. The number of aromatic nitrogens is 2. The number of pyridine rings is 2. The highest BCUT2D eigenvalue weighted by atomic mass is 127. The molecule has 170 valence electrons. The molecule has 1 aliphatic rings. The molecule has 1 fully saturated rings. The Hall–Kier alpha value is -2.22. The molecule has 1 unspecified atom stereocenters. The summed E-state index contributed by atoms with van der Waals surface area (Å²) in [5, 5.41) is 3.44. The summed E-state index contributed by atoms with van der Waals surface area (Å²) in [5.74, 6) is 1.78. The number of hydrogen-bond acceptors (Lipinski definition) is 4. The summed E-state index contributed by atoms with van der Waals surface area (Å²) < 4.78 is 10.5. The number of piperidine rings is 1. The lowest BCUT2D eigenvalue weighted by molar-refractivity contribution is 0.441. The average molecular weight is 546 g/mol. The van der Waals surface area contributed by atoms with Gasteiger partial charge < -0.3 is 10.2 Å². The molecule has 0 bridgehead atoms. The monoisotopic (exact) mass is 546 g/mol. The molecule has 2 aromatic heterocycles. The number of anilines is 1. The van der Waals surface area contributed by atoms with Gasteiger partial charge in [-0.05, 0) is 89.7 Å². The number of hydrogen-bond donors (Lipinski definition) is 1. The number of aryl methyl sites for hydroxylation is 2. The van der Waals surface area contributed by atoms with Gasteiger partial charge in [-0.1, -0.05) is 44.2 Å². The molecule has 1 N–H and O–H groups in total. The van der Waals surface area contributed by atoms with Crippen molar-refractivity contribution in [3.8, 4) is 0 Å². The number of nitrogens with zero attached hydrogens (tertiary/aromatic N) is 3. The number of fused-ring (bicyclic) bond motifs is 1. The molecule has 0 amide bonds. The van der Waals surface area contributed by atoms with Crippen LogP contribution in [0.15, 0.2) is 61.6 Å². The Kier molecular flexibility index (Phi) is 9.26. The predicted molar refractivity (Wildman–Crippen MR) is 141 cm³/mol. The highest BCUT2D eigenvalue weighted by Gasteiger charge is 2.22. The topological polar surface area (TPSA) is 41.0 Å². The maximum Gasteiger partial charge on any atom is 0.220 e. The molecule has 3 heterocycles. The Balaban J connectivity index is 0.000000427. The zero-order valence-corrected chi connectivity index (χ0v) is 21.1. The van der Waals surface area contributed by atoms with Gasteiger partial charge in [0.2, 0.25) is 4.30 Å². The lowest BCUT2D eigenvalue weighted by Gasteiger charge is -2.33. The molecular weight excluding hydrogens is 514 g/mol. The molecule has 4 rings (SSSR count). The van der Waals surface area contributed by atoms with Crippen molar-refractivity contribution in [2.24, 2.45) is 0 Å². The van der Waals surface area contributed by atoms with Crippen LogP contribution >= 0.6 is 22.6 Å². The minimum absolute atomic E-state index is 0.674. The summed E-state index contributed by atoms with van der Waals surface area (Å²) in [4.78, 5) is 11.5. The van der Waals surface area contributed by atoms with E-state index < -0.39 is 4.30 Å². The first-order chi connectivity index (χ1) is 15.5. The Morgan fingerprint density at radius 3 is 2.56 bits per heavy atom. The molecule has 1 saturated heterocycles. The molecule has 0 spiro atoms. The molecule has 0 aliphatic carbocycles. The zero-order valence-electron chi connectivity index (χ0n) is 18.9. The van der Waals surface area contributed by atoms with Crippen LogP contribution in [0.5, 0.6) is 0 Å². The van der Waals surface area contributed by atoms with Crippen LogP contribution in [-0.2, 0) is 6.42 Å². The number of rotatable bonds is 6. The van der Waals surface area contributed by atoms with Crippen LogP contribution in [0.4, 0.5) is 10.2 Å². The summed E-state index contributed by atoms with van der Waals surface area (Å²) >= 11 is 1.59. The predicted octanol–water partition coefficient (Wildman–Crippen LogP) is 6.68. The molecule has 1 aromatic carbocycles. The quantitative estimate of drug-likeness (QED) is 0.213. The van der Waals surface area contributed by atoms with Gasteiger partial charge in [-0.3, -0.25) is 4.98 Å². The first-order valence-electron chi connectivity index (χ1n) is 11.2. The fraction of sp³-hybridized carbons (Fsp3) is 0.385. The molecule has 1 atom stereocenters. The van der Waals surface area contributed by atoms with Crippen molar-refractivity contribution in [3.05, 3.63) is 78.3 Å². The first kappa shape index (κ1) is 24.4. The van der Waals surface area contributed by atoms with Gasteiger partial charge in [0.25, 0.3) is 0 Å².